The van der Waals surface area contributed by atoms with Crippen LogP contribution in [0.1, 0.15) is 32.4 Å². The molecule has 1 aromatic heterocycles. The molecule has 6 nitrogen and oxygen atoms in total. The van der Waals surface area contributed by atoms with Crippen LogP contribution in [0.4, 0.5) is 5.69 Å². The molecule has 1 heterocycles. The Bertz CT molecular complexity index is 420. The number of aromatic nitrogens is 2. The summed E-state index contributed by atoms with van der Waals surface area (Å²) >= 11 is 1.40. The topological polar surface area (TPSA) is 81.2 Å². The maximum absolute atomic E-state index is 11.2. The highest BCUT2D eigenvalue weighted by Gasteiger charge is 2.27. The number of aryl methyl sites for hydroxylation is 2. The van der Waals surface area contributed by atoms with Crippen LogP contribution >= 0.6 is 11.8 Å². The van der Waals surface area contributed by atoms with Crippen LogP contribution in [0.5, 0.6) is 0 Å². The summed E-state index contributed by atoms with van der Waals surface area (Å²) in [5, 5.41) is 25.0. The maximum Gasteiger partial charge on any atom is 0.323 e. The third-order valence-electron chi connectivity index (χ3n) is 2.56. The first-order valence-electron chi connectivity index (χ1n) is 5.99. The number of aliphatic hydroxyl groups excluding tert-OH is 1. The van der Waals surface area contributed by atoms with Gasteiger partial charge < -0.3 is 5.11 Å². The van der Waals surface area contributed by atoms with Crippen LogP contribution in [0, 0.1) is 10.1 Å². The molecule has 102 valence electrons. The second-order valence-electron chi connectivity index (χ2n) is 4.17. The molecule has 0 aliphatic heterocycles. The summed E-state index contributed by atoms with van der Waals surface area (Å²) in [6.45, 7) is 4.00. The number of aliphatic hydroxyl groups is 1. The average Bonchev–Trinajstić information content (AvgIpc) is 2.56. The molecule has 7 heteroatoms. The van der Waals surface area contributed by atoms with Gasteiger partial charge in [-0.05, 0) is 12.8 Å². The molecule has 1 N–H and O–H groups in total. The normalized spacial score (nSPS) is 12.7. The Hall–Kier alpha value is -1.08. The zero-order valence-corrected chi connectivity index (χ0v) is 11.7. The monoisotopic (exact) mass is 273 g/mol. The zero-order chi connectivity index (χ0) is 13.7. The predicted molar refractivity (Wildman–Crippen MR) is 70.9 cm³/mol. The lowest BCUT2D eigenvalue weighted by Gasteiger charge is -2.08. The lowest BCUT2D eigenvalue weighted by molar-refractivity contribution is -0.388. The lowest BCUT2D eigenvalue weighted by Crippen LogP contribution is -2.03. The fraction of sp³-hybridized carbons (Fsp3) is 0.727. The first-order chi connectivity index (χ1) is 8.51. The number of nitrogens with zero attached hydrogens (tertiary/aromatic N) is 3. The van der Waals surface area contributed by atoms with Crippen LogP contribution in [0.3, 0.4) is 0 Å². The second-order valence-corrected chi connectivity index (χ2v) is 5.60. The fourth-order valence-corrected chi connectivity index (χ4v) is 2.80. The van der Waals surface area contributed by atoms with Crippen molar-refractivity contribution >= 4 is 17.4 Å². The molecule has 1 atom stereocenters. The van der Waals surface area contributed by atoms with Crippen LogP contribution in [0.15, 0.2) is 5.03 Å². The van der Waals surface area contributed by atoms with Crippen molar-refractivity contribution in [2.24, 2.45) is 7.05 Å². The fourth-order valence-electron chi connectivity index (χ4n) is 1.70. The smallest absolute Gasteiger partial charge is 0.323 e. The highest BCUT2D eigenvalue weighted by Crippen LogP contribution is 2.35. The number of rotatable bonds is 7. The van der Waals surface area contributed by atoms with Crippen molar-refractivity contribution in [1.29, 1.82) is 0 Å². The van der Waals surface area contributed by atoms with Crippen LogP contribution in [0.2, 0.25) is 0 Å². The summed E-state index contributed by atoms with van der Waals surface area (Å²) in [7, 11) is 1.72. The average molecular weight is 273 g/mol. The number of nitro groups is 1. The summed E-state index contributed by atoms with van der Waals surface area (Å²) in [5.74, 6) is 0. The van der Waals surface area contributed by atoms with Gasteiger partial charge in [-0.1, -0.05) is 32.0 Å². The van der Waals surface area contributed by atoms with Gasteiger partial charge in [-0.3, -0.25) is 14.8 Å². The van der Waals surface area contributed by atoms with E-state index in [1.165, 1.54) is 11.8 Å². The van der Waals surface area contributed by atoms with Gasteiger partial charge in [0.05, 0.1) is 4.92 Å². The van der Waals surface area contributed by atoms with E-state index in [2.05, 4.69) is 5.10 Å². The molecule has 0 amide bonds. The largest absolute Gasteiger partial charge is 0.396 e. The van der Waals surface area contributed by atoms with Crippen LogP contribution < -0.4 is 0 Å². The summed E-state index contributed by atoms with van der Waals surface area (Å²) in [6, 6.07) is 0. The Morgan fingerprint density at radius 3 is 2.78 bits per heavy atom. The van der Waals surface area contributed by atoms with Gasteiger partial charge in [0.1, 0.15) is 5.69 Å². The summed E-state index contributed by atoms with van der Waals surface area (Å²) < 4.78 is 1.57. The van der Waals surface area contributed by atoms with Crippen molar-refractivity contribution in [2.75, 3.05) is 6.61 Å². The molecule has 18 heavy (non-hydrogen) atoms. The van der Waals surface area contributed by atoms with E-state index >= 15 is 0 Å². The Morgan fingerprint density at radius 2 is 2.28 bits per heavy atom. The first kappa shape index (κ1) is 15.0. The lowest BCUT2D eigenvalue weighted by atomic mass is 10.2. The van der Waals surface area contributed by atoms with Gasteiger partial charge in [-0.2, -0.15) is 5.10 Å². The quantitative estimate of drug-likeness (QED) is 0.467. The maximum atomic E-state index is 11.2. The van der Waals surface area contributed by atoms with Gasteiger partial charge in [-0.15, -0.1) is 0 Å². The van der Waals surface area contributed by atoms with Crippen molar-refractivity contribution < 1.29 is 10.0 Å². The second kappa shape index (κ2) is 6.75. The van der Waals surface area contributed by atoms with E-state index in [0.29, 0.717) is 23.6 Å². The minimum absolute atomic E-state index is 0.0850. The highest BCUT2D eigenvalue weighted by atomic mass is 32.2. The van der Waals surface area contributed by atoms with Crippen LogP contribution in [-0.2, 0) is 13.5 Å². The molecular formula is C11H19N3O3S. The van der Waals surface area contributed by atoms with Gasteiger partial charge in [0.15, 0.2) is 5.03 Å². The Morgan fingerprint density at radius 1 is 1.61 bits per heavy atom. The van der Waals surface area contributed by atoms with Crippen molar-refractivity contribution in [3.63, 3.8) is 0 Å². The minimum atomic E-state index is -0.355. The third kappa shape index (κ3) is 3.46. The molecule has 0 radical (unpaired) electrons. The van der Waals surface area contributed by atoms with Crippen molar-refractivity contribution in [2.45, 2.75) is 43.4 Å². The minimum Gasteiger partial charge on any atom is -0.396 e. The Labute approximate surface area is 111 Å². The molecule has 0 aliphatic carbocycles. The van der Waals surface area contributed by atoms with E-state index in [4.69, 9.17) is 5.11 Å². The van der Waals surface area contributed by atoms with Gasteiger partial charge in [0.2, 0.25) is 0 Å². The zero-order valence-electron chi connectivity index (χ0n) is 10.9. The van der Waals surface area contributed by atoms with Crippen molar-refractivity contribution in [3.8, 4) is 0 Å². The summed E-state index contributed by atoms with van der Waals surface area (Å²) in [6.07, 6.45) is 2.04. The summed E-state index contributed by atoms with van der Waals surface area (Å²) in [5.41, 5.74) is 0.665. The van der Waals surface area contributed by atoms with Crippen LogP contribution in [-0.4, -0.2) is 31.7 Å². The Balaban J connectivity index is 3.05. The van der Waals surface area contributed by atoms with Gasteiger partial charge in [0.25, 0.3) is 0 Å². The van der Waals surface area contributed by atoms with E-state index in [0.717, 1.165) is 6.42 Å². The highest BCUT2D eigenvalue weighted by molar-refractivity contribution is 8.00. The van der Waals surface area contributed by atoms with E-state index in [-0.39, 0.29) is 22.5 Å². The molecule has 1 rings (SSSR count). The number of thioether (sulfide) groups is 1. The number of hydrogen-bond donors (Lipinski definition) is 1. The SMILES string of the molecule is CCCc1nn(C)c(SC(C)CCO)c1[N+](=O)[O-]. The first-order valence-corrected chi connectivity index (χ1v) is 6.87. The molecule has 0 spiro atoms. The molecule has 0 aliphatic rings. The molecule has 0 aromatic carbocycles. The van der Waals surface area contributed by atoms with Crippen molar-refractivity contribution in [3.05, 3.63) is 15.8 Å². The van der Waals surface area contributed by atoms with E-state index < -0.39 is 0 Å². The predicted octanol–water partition coefficient (Wildman–Crippen LogP) is 2.14. The van der Waals surface area contributed by atoms with Gasteiger partial charge in [0, 0.05) is 18.9 Å². The van der Waals surface area contributed by atoms with E-state index in [1.807, 2.05) is 13.8 Å². The third-order valence-corrected chi connectivity index (χ3v) is 3.88. The molecule has 0 saturated heterocycles. The molecule has 0 saturated carbocycles. The molecule has 1 unspecified atom stereocenters. The van der Waals surface area contributed by atoms with Gasteiger partial charge in [-0.25, -0.2) is 0 Å². The standard InChI is InChI=1S/C11H19N3O3S/c1-4-5-9-10(14(16)17)11(13(3)12-9)18-8(2)6-7-15/h8,15H,4-7H2,1-3H3. The Kier molecular flexibility index (Phi) is 5.61. The molecular weight excluding hydrogens is 254 g/mol. The molecule has 1 aromatic rings. The molecule has 0 fully saturated rings. The van der Waals surface area contributed by atoms with E-state index in [9.17, 15) is 10.1 Å². The van der Waals surface area contributed by atoms with Crippen LogP contribution in [0.25, 0.3) is 0 Å². The van der Waals surface area contributed by atoms with Crippen molar-refractivity contribution in [1.82, 2.24) is 9.78 Å². The molecule has 0 bridgehead atoms. The number of hydrogen-bond acceptors (Lipinski definition) is 5. The van der Waals surface area contributed by atoms with E-state index in [1.54, 1.807) is 11.7 Å². The van der Waals surface area contributed by atoms with Gasteiger partial charge >= 0.3 is 5.69 Å². The summed E-state index contributed by atoms with van der Waals surface area (Å²) in [4.78, 5) is 10.8.